The molecule has 0 aliphatic heterocycles. The molecular formula is C12H11FN2O. The highest BCUT2D eigenvalue weighted by Crippen LogP contribution is 2.22. The molecule has 0 aliphatic rings. The molecule has 4 heteroatoms. The van der Waals surface area contributed by atoms with Crippen molar-refractivity contribution in [2.24, 2.45) is 5.73 Å². The van der Waals surface area contributed by atoms with Crippen molar-refractivity contribution in [3.8, 4) is 0 Å². The van der Waals surface area contributed by atoms with Crippen LogP contribution in [0.2, 0.25) is 0 Å². The number of fused-ring (bicyclic) bond motifs is 1. The Labute approximate surface area is 92.1 Å². The summed E-state index contributed by atoms with van der Waals surface area (Å²) < 4.78 is 13.3. The maximum Gasteiger partial charge on any atom is 0.251 e. The Balaban J connectivity index is 2.95. The van der Waals surface area contributed by atoms with Gasteiger partial charge < -0.3 is 5.73 Å². The van der Waals surface area contributed by atoms with Crippen LogP contribution >= 0.6 is 0 Å². The van der Waals surface area contributed by atoms with Crippen LogP contribution in [0.1, 0.15) is 21.6 Å². The van der Waals surface area contributed by atoms with E-state index in [1.165, 1.54) is 6.07 Å². The van der Waals surface area contributed by atoms with Crippen LogP contribution in [0.3, 0.4) is 0 Å². The summed E-state index contributed by atoms with van der Waals surface area (Å²) >= 11 is 0. The van der Waals surface area contributed by atoms with Crippen molar-refractivity contribution in [3.05, 3.63) is 40.8 Å². The van der Waals surface area contributed by atoms with E-state index in [4.69, 9.17) is 5.73 Å². The number of benzene rings is 1. The van der Waals surface area contributed by atoms with Crippen LogP contribution in [0.25, 0.3) is 10.9 Å². The summed E-state index contributed by atoms with van der Waals surface area (Å²) in [5, 5.41) is 0.624. The SMILES string of the molecule is Cc1cc(C)c2cc(F)cc(C(N)=O)c2n1. The van der Waals surface area contributed by atoms with Crippen LogP contribution in [0.5, 0.6) is 0 Å². The zero-order chi connectivity index (χ0) is 11.9. The molecule has 0 aliphatic carbocycles. The smallest absolute Gasteiger partial charge is 0.251 e. The monoisotopic (exact) mass is 218 g/mol. The maximum absolute atomic E-state index is 13.3. The fourth-order valence-electron chi connectivity index (χ4n) is 1.81. The quantitative estimate of drug-likeness (QED) is 0.796. The fourth-order valence-corrected chi connectivity index (χ4v) is 1.81. The Hall–Kier alpha value is -1.97. The zero-order valence-corrected chi connectivity index (χ0v) is 9.04. The highest BCUT2D eigenvalue weighted by atomic mass is 19.1. The first-order chi connectivity index (χ1) is 7.49. The molecule has 0 saturated carbocycles. The number of carbonyl (C=O) groups is 1. The van der Waals surface area contributed by atoms with Crippen molar-refractivity contribution >= 4 is 16.8 Å². The third-order valence-electron chi connectivity index (χ3n) is 2.48. The van der Waals surface area contributed by atoms with E-state index in [1.54, 1.807) is 0 Å². The van der Waals surface area contributed by atoms with Crippen LogP contribution in [0.15, 0.2) is 18.2 Å². The van der Waals surface area contributed by atoms with Gasteiger partial charge in [0.2, 0.25) is 0 Å². The summed E-state index contributed by atoms with van der Waals surface area (Å²) in [6.45, 7) is 3.67. The van der Waals surface area contributed by atoms with Gasteiger partial charge in [-0.25, -0.2) is 4.39 Å². The molecule has 1 heterocycles. The fraction of sp³-hybridized carbons (Fsp3) is 0.167. The normalized spacial score (nSPS) is 10.7. The number of nitrogens with two attached hydrogens (primary N) is 1. The highest BCUT2D eigenvalue weighted by Gasteiger charge is 2.12. The lowest BCUT2D eigenvalue weighted by molar-refractivity contribution is 0.100. The zero-order valence-electron chi connectivity index (χ0n) is 9.04. The predicted molar refractivity (Wildman–Crippen MR) is 59.7 cm³/mol. The molecule has 1 amide bonds. The standard InChI is InChI=1S/C12H11FN2O/c1-6-3-7(2)15-11-9(6)4-8(13)5-10(11)12(14)16/h3-5H,1-2H3,(H2,14,16). The minimum absolute atomic E-state index is 0.127. The van der Waals surface area contributed by atoms with Crippen LogP contribution in [-0.2, 0) is 0 Å². The molecule has 0 atom stereocenters. The summed E-state index contributed by atoms with van der Waals surface area (Å²) in [6, 6.07) is 4.33. The number of hydrogen-bond donors (Lipinski definition) is 1. The summed E-state index contributed by atoms with van der Waals surface area (Å²) in [7, 11) is 0. The molecule has 16 heavy (non-hydrogen) atoms. The van der Waals surface area contributed by atoms with Gasteiger partial charge in [-0.3, -0.25) is 9.78 Å². The maximum atomic E-state index is 13.3. The first-order valence-electron chi connectivity index (χ1n) is 4.86. The number of pyridine rings is 1. The average Bonchev–Trinajstić information content (AvgIpc) is 2.18. The molecule has 2 rings (SSSR count). The second-order valence-corrected chi connectivity index (χ2v) is 3.79. The molecular weight excluding hydrogens is 207 g/mol. The van der Waals surface area contributed by atoms with Crippen molar-refractivity contribution in [2.45, 2.75) is 13.8 Å². The van der Waals surface area contributed by atoms with Gasteiger partial charge in [-0.1, -0.05) is 0 Å². The Morgan fingerprint density at radius 3 is 2.62 bits per heavy atom. The van der Waals surface area contributed by atoms with Crippen LogP contribution in [0.4, 0.5) is 4.39 Å². The van der Waals surface area contributed by atoms with Gasteiger partial charge in [-0.15, -0.1) is 0 Å². The number of aryl methyl sites for hydroxylation is 2. The lowest BCUT2D eigenvalue weighted by Gasteiger charge is -2.07. The van der Waals surface area contributed by atoms with E-state index < -0.39 is 11.7 Å². The number of rotatable bonds is 1. The first kappa shape index (κ1) is 10.5. The summed E-state index contributed by atoms with van der Waals surface area (Å²) in [6.07, 6.45) is 0. The molecule has 1 aromatic heterocycles. The Bertz CT molecular complexity index is 593. The van der Waals surface area contributed by atoms with E-state index in [-0.39, 0.29) is 5.56 Å². The molecule has 0 saturated heterocycles. The van der Waals surface area contributed by atoms with Crippen molar-refractivity contribution in [1.82, 2.24) is 4.98 Å². The van der Waals surface area contributed by atoms with Gasteiger partial charge in [0.1, 0.15) is 5.82 Å². The second kappa shape index (κ2) is 3.56. The van der Waals surface area contributed by atoms with E-state index in [9.17, 15) is 9.18 Å². The predicted octanol–water partition coefficient (Wildman–Crippen LogP) is 2.09. The number of primary amides is 1. The lowest BCUT2D eigenvalue weighted by Crippen LogP contribution is -2.12. The third kappa shape index (κ3) is 1.62. The van der Waals surface area contributed by atoms with Crippen LogP contribution in [0, 0.1) is 19.7 Å². The third-order valence-corrected chi connectivity index (χ3v) is 2.48. The highest BCUT2D eigenvalue weighted by molar-refractivity contribution is 6.05. The van der Waals surface area contributed by atoms with Crippen molar-refractivity contribution < 1.29 is 9.18 Å². The van der Waals surface area contributed by atoms with Crippen LogP contribution in [-0.4, -0.2) is 10.9 Å². The Morgan fingerprint density at radius 1 is 1.31 bits per heavy atom. The van der Waals surface area contributed by atoms with Crippen LogP contribution < -0.4 is 5.73 Å². The number of carbonyl (C=O) groups excluding carboxylic acids is 1. The molecule has 1 aromatic carbocycles. The van der Waals surface area contributed by atoms with Crippen molar-refractivity contribution in [3.63, 3.8) is 0 Å². The molecule has 0 spiro atoms. The average molecular weight is 218 g/mol. The number of nitrogens with zero attached hydrogens (tertiary/aromatic N) is 1. The number of hydrogen-bond acceptors (Lipinski definition) is 2. The van der Waals surface area contributed by atoms with E-state index in [0.29, 0.717) is 10.9 Å². The second-order valence-electron chi connectivity index (χ2n) is 3.79. The van der Waals surface area contributed by atoms with Crippen molar-refractivity contribution in [1.29, 1.82) is 0 Å². The number of aromatic nitrogens is 1. The molecule has 3 nitrogen and oxygen atoms in total. The molecule has 0 radical (unpaired) electrons. The number of amides is 1. The summed E-state index contributed by atoms with van der Waals surface area (Å²) in [5.41, 5.74) is 7.45. The van der Waals surface area contributed by atoms with Gasteiger partial charge >= 0.3 is 0 Å². The van der Waals surface area contributed by atoms with Gasteiger partial charge in [-0.05, 0) is 37.6 Å². The van der Waals surface area contributed by atoms with E-state index in [1.807, 2.05) is 19.9 Å². The minimum Gasteiger partial charge on any atom is -0.366 e. The summed E-state index contributed by atoms with van der Waals surface area (Å²) in [5.74, 6) is -1.14. The largest absolute Gasteiger partial charge is 0.366 e. The molecule has 0 fully saturated rings. The summed E-state index contributed by atoms with van der Waals surface area (Å²) in [4.78, 5) is 15.4. The minimum atomic E-state index is -0.665. The van der Waals surface area contributed by atoms with Gasteiger partial charge in [0.15, 0.2) is 0 Å². The Kier molecular flexibility index (Phi) is 2.34. The molecule has 2 N–H and O–H groups in total. The number of halogens is 1. The molecule has 0 unspecified atom stereocenters. The van der Waals surface area contributed by atoms with E-state index in [0.717, 1.165) is 17.3 Å². The topological polar surface area (TPSA) is 56.0 Å². The van der Waals surface area contributed by atoms with Gasteiger partial charge in [0.25, 0.3) is 5.91 Å². The lowest BCUT2D eigenvalue weighted by atomic mass is 10.0. The molecule has 2 aromatic rings. The first-order valence-corrected chi connectivity index (χ1v) is 4.86. The van der Waals surface area contributed by atoms with Crippen molar-refractivity contribution in [2.75, 3.05) is 0 Å². The molecule has 0 bridgehead atoms. The van der Waals surface area contributed by atoms with Gasteiger partial charge in [0, 0.05) is 11.1 Å². The van der Waals surface area contributed by atoms with Gasteiger partial charge in [0.05, 0.1) is 11.1 Å². The molecule has 82 valence electrons. The van der Waals surface area contributed by atoms with Gasteiger partial charge in [-0.2, -0.15) is 0 Å². The Morgan fingerprint density at radius 2 is 2.00 bits per heavy atom. The van der Waals surface area contributed by atoms with E-state index in [2.05, 4.69) is 4.98 Å². The van der Waals surface area contributed by atoms with E-state index >= 15 is 0 Å².